The first-order chi connectivity index (χ1) is 16.5. The lowest BCUT2D eigenvalue weighted by atomic mass is 10.1. The summed E-state index contributed by atoms with van der Waals surface area (Å²) in [4.78, 5) is 15.0. The lowest BCUT2D eigenvalue weighted by Crippen LogP contribution is -2.33. The summed E-state index contributed by atoms with van der Waals surface area (Å²) in [7, 11) is 3.44. The zero-order valence-electron chi connectivity index (χ0n) is 19.9. The van der Waals surface area contributed by atoms with Crippen LogP contribution in [-0.4, -0.2) is 27.7 Å². The van der Waals surface area contributed by atoms with Gasteiger partial charge in [0.2, 0.25) is 11.8 Å². The van der Waals surface area contributed by atoms with Crippen LogP contribution in [0.25, 0.3) is 11.3 Å². The summed E-state index contributed by atoms with van der Waals surface area (Å²) >= 11 is 0. The Morgan fingerprint density at radius 2 is 1.71 bits per heavy atom. The molecule has 0 aliphatic carbocycles. The van der Waals surface area contributed by atoms with Gasteiger partial charge in [-0.05, 0) is 24.3 Å². The lowest BCUT2D eigenvalue weighted by molar-refractivity contribution is -0.136. The van der Waals surface area contributed by atoms with Gasteiger partial charge in [0, 0.05) is 18.5 Å². The smallest absolute Gasteiger partial charge is 0.225 e. The maximum Gasteiger partial charge on any atom is 0.225 e. The highest BCUT2D eigenvalue weighted by Gasteiger charge is 2.26. The number of furan rings is 1. The quantitative estimate of drug-likeness (QED) is 0.323. The standard InChI is InChI=1S/C27H29N3O4/c1-19(2)26(31)30(17-21-13-10-16-33-21)18-22-25(20-11-6-5-7-12-20)28-29(3)27(22)34-24-15-9-8-14-23(24)32-4/h5-16,19H,17-18H2,1-4H3. The number of ether oxygens (including phenoxy) is 2. The van der Waals surface area contributed by atoms with Crippen LogP contribution in [0.4, 0.5) is 0 Å². The van der Waals surface area contributed by atoms with Gasteiger partial charge in [-0.15, -0.1) is 0 Å². The van der Waals surface area contributed by atoms with Crippen LogP contribution < -0.4 is 9.47 Å². The number of methoxy groups -OCH3 is 1. The highest BCUT2D eigenvalue weighted by Crippen LogP contribution is 2.37. The Bertz CT molecular complexity index is 1230. The summed E-state index contributed by atoms with van der Waals surface area (Å²) in [6, 6.07) is 21.0. The van der Waals surface area contributed by atoms with Gasteiger partial charge in [-0.1, -0.05) is 56.3 Å². The number of rotatable bonds is 9. The topological polar surface area (TPSA) is 69.7 Å². The first kappa shape index (κ1) is 23.2. The third-order valence-electron chi connectivity index (χ3n) is 5.49. The molecule has 7 heteroatoms. The fraction of sp³-hybridized carbons (Fsp3) is 0.259. The van der Waals surface area contributed by atoms with Crippen molar-refractivity contribution in [3.8, 4) is 28.6 Å². The molecule has 176 valence electrons. The molecule has 0 spiro atoms. The Kier molecular flexibility index (Phi) is 7.01. The number of amides is 1. The first-order valence-electron chi connectivity index (χ1n) is 11.2. The normalized spacial score (nSPS) is 11.0. The molecule has 1 amide bonds. The van der Waals surface area contributed by atoms with E-state index in [1.165, 1.54) is 0 Å². The number of para-hydroxylation sites is 2. The summed E-state index contributed by atoms with van der Waals surface area (Å²) < 4.78 is 19.1. The number of hydrogen-bond donors (Lipinski definition) is 0. The van der Waals surface area contributed by atoms with Gasteiger partial charge in [-0.2, -0.15) is 5.10 Å². The molecule has 0 radical (unpaired) electrons. The fourth-order valence-electron chi connectivity index (χ4n) is 3.82. The summed E-state index contributed by atoms with van der Waals surface area (Å²) in [6.07, 6.45) is 1.61. The van der Waals surface area contributed by atoms with Gasteiger partial charge in [-0.3, -0.25) is 4.79 Å². The number of carbonyl (C=O) groups is 1. The minimum Gasteiger partial charge on any atom is -0.493 e. The second-order valence-corrected chi connectivity index (χ2v) is 8.30. The molecule has 0 fully saturated rings. The molecule has 4 rings (SSSR count). The summed E-state index contributed by atoms with van der Waals surface area (Å²) in [5.74, 6) is 2.28. The molecule has 0 aliphatic heterocycles. The van der Waals surface area contributed by atoms with Crippen molar-refractivity contribution >= 4 is 5.91 Å². The number of benzene rings is 2. The molecular formula is C27H29N3O4. The van der Waals surface area contributed by atoms with Crippen LogP contribution in [0, 0.1) is 5.92 Å². The number of carbonyl (C=O) groups excluding carboxylic acids is 1. The number of hydrogen-bond acceptors (Lipinski definition) is 5. The summed E-state index contributed by atoms with van der Waals surface area (Å²) in [5, 5.41) is 4.78. The Morgan fingerprint density at radius 1 is 1.00 bits per heavy atom. The number of aryl methyl sites for hydroxylation is 1. The van der Waals surface area contributed by atoms with E-state index in [1.54, 1.807) is 23.0 Å². The van der Waals surface area contributed by atoms with E-state index < -0.39 is 0 Å². The molecule has 7 nitrogen and oxygen atoms in total. The van der Waals surface area contributed by atoms with Gasteiger partial charge in [0.15, 0.2) is 11.5 Å². The largest absolute Gasteiger partial charge is 0.493 e. The van der Waals surface area contributed by atoms with Crippen LogP contribution in [0.5, 0.6) is 17.4 Å². The maximum absolute atomic E-state index is 13.2. The van der Waals surface area contributed by atoms with Crippen LogP contribution in [0.3, 0.4) is 0 Å². The second kappa shape index (κ2) is 10.3. The predicted molar refractivity (Wildman–Crippen MR) is 130 cm³/mol. The van der Waals surface area contributed by atoms with E-state index in [-0.39, 0.29) is 11.8 Å². The monoisotopic (exact) mass is 459 g/mol. The van der Waals surface area contributed by atoms with Gasteiger partial charge in [-0.25, -0.2) is 4.68 Å². The summed E-state index contributed by atoms with van der Waals surface area (Å²) in [5.41, 5.74) is 2.51. The molecule has 0 atom stereocenters. The first-order valence-corrected chi connectivity index (χ1v) is 11.2. The minimum atomic E-state index is -0.176. The van der Waals surface area contributed by atoms with E-state index in [1.807, 2.05) is 87.6 Å². The fourth-order valence-corrected chi connectivity index (χ4v) is 3.82. The van der Waals surface area contributed by atoms with Crippen LogP contribution in [0.2, 0.25) is 0 Å². The van der Waals surface area contributed by atoms with E-state index in [0.29, 0.717) is 36.2 Å². The van der Waals surface area contributed by atoms with Crippen molar-refractivity contribution in [2.24, 2.45) is 13.0 Å². The summed E-state index contributed by atoms with van der Waals surface area (Å²) in [6.45, 7) is 4.44. The van der Waals surface area contributed by atoms with Crippen molar-refractivity contribution in [1.82, 2.24) is 14.7 Å². The zero-order chi connectivity index (χ0) is 24.1. The van der Waals surface area contributed by atoms with Crippen molar-refractivity contribution in [3.63, 3.8) is 0 Å². The minimum absolute atomic E-state index is 0.0162. The van der Waals surface area contributed by atoms with Crippen LogP contribution in [0.1, 0.15) is 25.2 Å². The molecule has 0 aliphatic rings. The second-order valence-electron chi connectivity index (χ2n) is 8.30. The molecule has 0 N–H and O–H groups in total. The molecule has 0 saturated carbocycles. The molecule has 4 aromatic rings. The van der Waals surface area contributed by atoms with Gasteiger partial charge >= 0.3 is 0 Å². The van der Waals surface area contributed by atoms with Gasteiger partial charge < -0.3 is 18.8 Å². The van der Waals surface area contributed by atoms with Gasteiger partial charge in [0.1, 0.15) is 11.5 Å². The van der Waals surface area contributed by atoms with Gasteiger partial charge in [0.25, 0.3) is 0 Å². The number of nitrogens with zero attached hydrogens (tertiary/aromatic N) is 3. The van der Waals surface area contributed by atoms with Crippen molar-refractivity contribution < 1.29 is 18.7 Å². The highest BCUT2D eigenvalue weighted by molar-refractivity contribution is 5.78. The van der Waals surface area contributed by atoms with Crippen molar-refractivity contribution in [3.05, 3.63) is 84.3 Å². The van der Waals surface area contributed by atoms with Crippen LogP contribution in [-0.2, 0) is 24.9 Å². The lowest BCUT2D eigenvalue weighted by Gasteiger charge is -2.24. The van der Waals surface area contributed by atoms with Crippen molar-refractivity contribution in [2.75, 3.05) is 7.11 Å². The molecule has 0 bridgehead atoms. The van der Waals surface area contributed by atoms with E-state index in [9.17, 15) is 4.79 Å². The molecule has 2 heterocycles. The molecule has 2 aromatic heterocycles. The Labute approximate surface area is 199 Å². The SMILES string of the molecule is COc1ccccc1Oc1c(CN(Cc2ccco2)C(=O)C(C)C)c(-c2ccccc2)nn1C. The van der Waals surface area contributed by atoms with E-state index >= 15 is 0 Å². The average Bonchev–Trinajstić information content (AvgIpc) is 3.47. The predicted octanol–water partition coefficient (Wildman–Crippen LogP) is 5.67. The molecule has 34 heavy (non-hydrogen) atoms. The third kappa shape index (κ3) is 4.98. The van der Waals surface area contributed by atoms with Gasteiger partial charge in [0.05, 0.1) is 32.0 Å². The highest BCUT2D eigenvalue weighted by atomic mass is 16.5. The van der Waals surface area contributed by atoms with E-state index in [0.717, 1.165) is 16.8 Å². The van der Waals surface area contributed by atoms with Crippen molar-refractivity contribution in [2.45, 2.75) is 26.9 Å². The van der Waals surface area contributed by atoms with E-state index in [4.69, 9.17) is 19.0 Å². The third-order valence-corrected chi connectivity index (χ3v) is 5.49. The molecule has 0 unspecified atom stereocenters. The zero-order valence-corrected chi connectivity index (χ0v) is 19.9. The van der Waals surface area contributed by atoms with Crippen LogP contribution in [0.15, 0.2) is 77.4 Å². The maximum atomic E-state index is 13.2. The van der Waals surface area contributed by atoms with E-state index in [2.05, 4.69) is 0 Å². The van der Waals surface area contributed by atoms with Crippen molar-refractivity contribution in [1.29, 1.82) is 0 Å². The average molecular weight is 460 g/mol. The molecule has 0 saturated heterocycles. The molecular weight excluding hydrogens is 430 g/mol. The molecule has 2 aromatic carbocycles. The Morgan fingerprint density at radius 3 is 2.35 bits per heavy atom. The van der Waals surface area contributed by atoms with Crippen LogP contribution >= 0.6 is 0 Å². The number of aromatic nitrogens is 2. The Hall–Kier alpha value is -4.00. The Balaban J connectivity index is 1.80.